The van der Waals surface area contributed by atoms with Gasteiger partial charge in [0.1, 0.15) is 11.5 Å². The van der Waals surface area contributed by atoms with Gasteiger partial charge in [0.25, 0.3) is 5.69 Å². The molecule has 1 aromatic carbocycles. The van der Waals surface area contributed by atoms with E-state index in [1.54, 1.807) is 6.07 Å². The highest BCUT2D eigenvalue weighted by atomic mass is 16.6. The van der Waals surface area contributed by atoms with Crippen LogP contribution in [0.1, 0.15) is 11.5 Å². The zero-order valence-corrected chi connectivity index (χ0v) is 10.3. The summed E-state index contributed by atoms with van der Waals surface area (Å²) in [5.41, 5.74) is 3.42. The molecule has 0 amide bonds. The Balaban J connectivity index is 2.15. The van der Waals surface area contributed by atoms with Gasteiger partial charge in [0.15, 0.2) is 0 Å². The van der Waals surface area contributed by atoms with Gasteiger partial charge < -0.3 is 15.2 Å². The van der Waals surface area contributed by atoms with Crippen molar-refractivity contribution in [2.75, 3.05) is 10.7 Å². The van der Waals surface area contributed by atoms with Crippen LogP contribution < -0.4 is 16.6 Å². The summed E-state index contributed by atoms with van der Waals surface area (Å²) in [6, 6.07) is 8.20. The van der Waals surface area contributed by atoms with Gasteiger partial charge in [-0.1, -0.05) is 0 Å². The molecule has 2 aromatic rings. The van der Waals surface area contributed by atoms with E-state index in [0.29, 0.717) is 17.9 Å². The van der Waals surface area contributed by atoms with Crippen LogP contribution in [0.25, 0.3) is 0 Å². The van der Waals surface area contributed by atoms with Crippen molar-refractivity contribution in [3.63, 3.8) is 0 Å². The van der Waals surface area contributed by atoms with Crippen molar-refractivity contribution in [2.45, 2.75) is 13.5 Å². The summed E-state index contributed by atoms with van der Waals surface area (Å²) in [5.74, 6) is 6.85. The fraction of sp³-hybridized carbons (Fsp3) is 0.167. The predicted octanol–water partition coefficient (Wildman–Crippen LogP) is 2.39. The number of nitrogen functional groups attached to an aromatic ring is 1. The number of aryl methyl sites for hydroxylation is 1. The fourth-order valence-electron chi connectivity index (χ4n) is 1.67. The second-order valence-corrected chi connectivity index (χ2v) is 4.04. The third-order valence-corrected chi connectivity index (χ3v) is 2.56. The molecule has 1 heterocycles. The summed E-state index contributed by atoms with van der Waals surface area (Å²) in [6.07, 6.45) is 0. The van der Waals surface area contributed by atoms with Gasteiger partial charge in [0, 0.05) is 17.8 Å². The number of nitro benzene ring substituents is 1. The summed E-state index contributed by atoms with van der Waals surface area (Å²) in [5, 5.41) is 13.8. The predicted molar refractivity (Wildman–Crippen MR) is 71.7 cm³/mol. The Bertz CT molecular complexity index is 594. The van der Waals surface area contributed by atoms with Gasteiger partial charge in [0.2, 0.25) is 0 Å². The van der Waals surface area contributed by atoms with Crippen molar-refractivity contribution >= 4 is 17.1 Å². The highest BCUT2D eigenvalue weighted by Gasteiger charge is 2.09. The van der Waals surface area contributed by atoms with Gasteiger partial charge in [-0.25, -0.2) is 0 Å². The highest BCUT2D eigenvalue weighted by molar-refractivity contribution is 5.63. The smallest absolute Gasteiger partial charge is 0.273 e. The Kier molecular flexibility index (Phi) is 3.67. The molecule has 4 N–H and O–H groups in total. The minimum atomic E-state index is -0.469. The van der Waals surface area contributed by atoms with Crippen molar-refractivity contribution in [3.8, 4) is 0 Å². The van der Waals surface area contributed by atoms with Crippen LogP contribution in [0.3, 0.4) is 0 Å². The first kappa shape index (κ1) is 12.9. The van der Waals surface area contributed by atoms with E-state index < -0.39 is 4.92 Å². The van der Waals surface area contributed by atoms with Gasteiger partial charge in [-0.05, 0) is 25.1 Å². The Morgan fingerprint density at radius 2 is 2.05 bits per heavy atom. The van der Waals surface area contributed by atoms with Crippen LogP contribution in [-0.4, -0.2) is 4.92 Å². The molecule has 7 heteroatoms. The molecule has 0 aliphatic rings. The molecule has 1 aromatic heterocycles. The van der Waals surface area contributed by atoms with Gasteiger partial charge in [-0.3, -0.25) is 16.0 Å². The second kappa shape index (κ2) is 5.40. The van der Waals surface area contributed by atoms with Gasteiger partial charge >= 0.3 is 0 Å². The van der Waals surface area contributed by atoms with E-state index in [1.165, 1.54) is 12.1 Å². The number of nitro groups is 1. The molecule has 100 valence electrons. The lowest BCUT2D eigenvalue weighted by Crippen LogP contribution is -2.08. The third-order valence-electron chi connectivity index (χ3n) is 2.56. The van der Waals surface area contributed by atoms with Crippen LogP contribution in [0.4, 0.5) is 17.1 Å². The molecule has 0 aliphatic carbocycles. The summed E-state index contributed by atoms with van der Waals surface area (Å²) in [4.78, 5) is 10.3. The fourth-order valence-corrected chi connectivity index (χ4v) is 1.67. The second-order valence-electron chi connectivity index (χ2n) is 4.04. The molecule has 0 saturated heterocycles. The monoisotopic (exact) mass is 262 g/mol. The van der Waals surface area contributed by atoms with Crippen LogP contribution in [-0.2, 0) is 6.54 Å². The minimum Gasteiger partial charge on any atom is -0.465 e. The molecule has 0 atom stereocenters. The lowest BCUT2D eigenvalue weighted by molar-refractivity contribution is -0.384. The third kappa shape index (κ3) is 3.23. The van der Waals surface area contributed by atoms with Gasteiger partial charge in [-0.2, -0.15) is 0 Å². The molecule has 19 heavy (non-hydrogen) atoms. The number of hydrogen-bond acceptors (Lipinski definition) is 6. The van der Waals surface area contributed by atoms with Crippen LogP contribution >= 0.6 is 0 Å². The summed E-state index contributed by atoms with van der Waals surface area (Å²) < 4.78 is 5.40. The molecule has 0 spiro atoms. The first-order valence-electron chi connectivity index (χ1n) is 5.64. The molecule has 0 bridgehead atoms. The lowest BCUT2D eigenvalue weighted by atomic mass is 10.2. The molecule has 0 saturated carbocycles. The first-order valence-corrected chi connectivity index (χ1v) is 5.64. The molecule has 2 rings (SSSR count). The number of nitrogens with zero attached hydrogens (tertiary/aromatic N) is 1. The maximum atomic E-state index is 10.8. The molecular formula is C12H14N4O3. The number of nitrogens with two attached hydrogens (primary N) is 1. The zero-order valence-electron chi connectivity index (χ0n) is 10.3. The van der Waals surface area contributed by atoms with E-state index in [-0.39, 0.29) is 5.69 Å². The Morgan fingerprint density at radius 3 is 2.63 bits per heavy atom. The molecule has 0 fully saturated rings. The van der Waals surface area contributed by atoms with E-state index in [2.05, 4.69) is 10.7 Å². The largest absolute Gasteiger partial charge is 0.465 e. The number of rotatable bonds is 5. The topological polar surface area (TPSA) is 106 Å². The molecule has 0 aliphatic heterocycles. The van der Waals surface area contributed by atoms with Crippen LogP contribution in [0.2, 0.25) is 0 Å². The quantitative estimate of drug-likeness (QED) is 0.434. The van der Waals surface area contributed by atoms with Crippen molar-refractivity contribution in [1.82, 2.24) is 0 Å². The average molecular weight is 262 g/mol. The summed E-state index contributed by atoms with van der Waals surface area (Å²) in [6.45, 7) is 2.30. The van der Waals surface area contributed by atoms with Crippen LogP contribution in [0, 0.1) is 17.0 Å². The average Bonchev–Trinajstić information content (AvgIpc) is 2.81. The van der Waals surface area contributed by atoms with E-state index in [4.69, 9.17) is 10.3 Å². The van der Waals surface area contributed by atoms with Crippen LogP contribution in [0.5, 0.6) is 0 Å². The maximum Gasteiger partial charge on any atom is 0.273 e. The van der Waals surface area contributed by atoms with E-state index in [9.17, 15) is 10.1 Å². The SMILES string of the molecule is Cc1ccc(CNc2cc(NN)cc([N+](=O)[O-])c2)o1. The standard InChI is InChI=1S/C12H14N4O3/c1-8-2-3-12(19-8)7-14-9-4-10(15-13)6-11(5-9)16(17)18/h2-6,14-15H,7,13H2,1H3. The van der Waals surface area contributed by atoms with Crippen LogP contribution in [0.15, 0.2) is 34.7 Å². The molecule has 7 nitrogen and oxygen atoms in total. The van der Waals surface area contributed by atoms with Gasteiger partial charge in [0.05, 0.1) is 17.2 Å². The number of hydrogen-bond donors (Lipinski definition) is 3. The highest BCUT2D eigenvalue weighted by Crippen LogP contribution is 2.24. The first-order chi connectivity index (χ1) is 9.08. The lowest BCUT2D eigenvalue weighted by Gasteiger charge is -2.07. The summed E-state index contributed by atoms with van der Waals surface area (Å²) >= 11 is 0. The Labute approximate surface area is 109 Å². The van der Waals surface area contributed by atoms with E-state index in [1.807, 2.05) is 19.1 Å². The molecule has 0 unspecified atom stereocenters. The Morgan fingerprint density at radius 1 is 1.32 bits per heavy atom. The van der Waals surface area contributed by atoms with E-state index >= 15 is 0 Å². The van der Waals surface area contributed by atoms with Crippen molar-refractivity contribution < 1.29 is 9.34 Å². The zero-order chi connectivity index (χ0) is 13.8. The van der Waals surface area contributed by atoms with Gasteiger partial charge in [-0.15, -0.1) is 0 Å². The van der Waals surface area contributed by atoms with Crippen molar-refractivity contribution in [3.05, 3.63) is 52.0 Å². The number of nitrogens with one attached hydrogen (secondary N) is 2. The number of anilines is 2. The Hall–Kier alpha value is -2.54. The molecule has 0 radical (unpaired) electrons. The number of furan rings is 1. The van der Waals surface area contributed by atoms with Crippen molar-refractivity contribution in [1.29, 1.82) is 0 Å². The molecular weight excluding hydrogens is 248 g/mol. The van der Waals surface area contributed by atoms with Crippen molar-refractivity contribution in [2.24, 2.45) is 5.84 Å². The normalized spacial score (nSPS) is 10.2. The number of non-ortho nitro benzene ring substituents is 1. The minimum absolute atomic E-state index is 0.0337. The maximum absolute atomic E-state index is 10.8. The summed E-state index contributed by atoms with van der Waals surface area (Å²) in [7, 11) is 0. The number of hydrazine groups is 1. The number of benzene rings is 1. The van der Waals surface area contributed by atoms with E-state index in [0.717, 1.165) is 11.5 Å².